The summed E-state index contributed by atoms with van der Waals surface area (Å²) in [6.07, 6.45) is 1.63. The molecule has 0 saturated heterocycles. The van der Waals surface area contributed by atoms with Gasteiger partial charge in [0.05, 0.1) is 0 Å². The number of aromatic nitrogens is 2. The van der Waals surface area contributed by atoms with E-state index in [2.05, 4.69) is 41.3 Å². The quantitative estimate of drug-likeness (QED) is 0.805. The standard InChI is InChI=1S/C12H14N4/c1-8-3-4-10(7-9(8)2)15-11-5-6-14-12(13)16-11/h3-7H,1-2H3,(H3,13,14,15,16). The number of nitrogens with two attached hydrogens (primary N) is 1. The van der Waals surface area contributed by atoms with Gasteiger partial charge in [0.15, 0.2) is 0 Å². The van der Waals surface area contributed by atoms with Crippen LogP contribution in [0.4, 0.5) is 17.5 Å². The van der Waals surface area contributed by atoms with Crippen LogP contribution in [0.3, 0.4) is 0 Å². The summed E-state index contributed by atoms with van der Waals surface area (Å²) in [5, 5.41) is 3.18. The molecule has 0 atom stereocenters. The zero-order valence-electron chi connectivity index (χ0n) is 9.36. The van der Waals surface area contributed by atoms with E-state index in [9.17, 15) is 0 Å². The highest BCUT2D eigenvalue weighted by Crippen LogP contribution is 2.18. The molecule has 4 heteroatoms. The predicted molar refractivity (Wildman–Crippen MR) is 65.6 cm³/mol. The number of anilines is 3. The Balaban J connectivity index is 2.24. The van der Waals surface area contributed by atoms with Crippen LogP contribution in [-0.4, -0.2) is 9.97 Å². The summed E-state index contributed by atoms with van der Waals surface area (Å²) in [5.74, 6) is 0.976. The number of nitrogen functional groups attached to an aromatic ring is 1. The number of nitrogens with zero attached hydrogens (tertiary/aromatic N) is 2. The van der Waals surface area contributed by atoms with E-state index in [1.807, 2.05) is 6.07 Å². The van der Waals surface area contributed by atoms with Gasteiger partial charge in [-0.1, -0.05) is 6.07 Å². The molecule has 16 heavy (non-hydrogen) atoms. The van der Waals surface area contributed by atoms with Gasteiger partial charge in [-0.05, 0) is 43.2 Å². The molecule has 0 unspecified atom stereocenters. The SMILES string of the molecule is Cc1ccc(Nc2ccnc(N)n2)cc1C. The van der Waals surface area contributed by atoms with Crippen LogP contribution in [0.5, 0.6) is 0 Å². The summed E-state index contributed by atoms with van der Waals surface area (Å²) in [6.45, 7) is 4.16. The molecule has 0 amide bonds. The second-order valence-corrected chi connectivity index (χ2v) is 3.72. The summed E-state index contributed by atoms with van der Waals surface area (Å²) in [7, 11) is 0. The predicted octanol–water partition coefficient (Wildman–Crippen LogP) is 2.42. The monoisotopic (exact) mass is 214 g/mol. The Morgan fingerprint density at radius 3 is 2.62 bits per heavy atom. The van der Waals surface area contributed by atoms with Crippen LogP contribution in [0.1, 0.15) is 11.1 Å². The molecule has 4 nitrogen and oxygen atoms in total. The maximum atomic E-state index is 5.50. The lowest BCUT2D eigenvalue weighted by Gasteiger charge is -2.07. The number of rotatable bonds is 2. The molecular formula is C12H14N4. The molecule has 1 aromatic carbocycles. The Morgan fingerprint density at radius 1 is 1.12 bits per heavy atom. The van der Waals surface area contributed by atoms with Crippen molar-refractivity contribution in [2.45, 2.75) is 13.8 Å². The van der Waals surface area contributed by atoms with Crippen LogP contribution < -0.4 is 11.1 Å². The van der Waals surface area contributed by atoms with Crippen LogP contribution in [-0.2, 0) is 0 Å². The van der Waals surface area contributed by atoms with Gasteiger partial charge in [0.2, 0.25) is 5.95 Å². The second kappa shape index (κ2) is 4.18. The van der Waals surface area contributed by atoms with E-state index >= 15 is 0 Å². The van der Waals surface area contributed by atoms with Gasteiger partial charge in [-0.15, -0.1) is 0 Å². The van der Waals surface area contributed by atoms with E-state index in [1.54, 1.807) is 12.3 Å². The summed E-state index contributed by atoms with van der Waals surface area (Å²) in [4.78, 5) is 7.92. The van der Waals surface area contributed by atoms with Gasteiger partial charge in [-0.2, -0.15) is 4.98 Å². The highest BCUT2D eigenvalue weighted by atomic mass is 15.1. The van der Waals surface area contributed by atoms with Crippen molar-refractivity contribution in [1.82, 2.24) is 9.97 Å². The Bertz CT molecular complexity index is 508. The third kappa shape index (κ3) is 2.28. The third-order valence-electron chi connectivity index (χ3n) is 2.45. The summed E-state index contributed by atoms with van der Waals surface area (Å²) < 4.78 is 0. The highest BCUT2D eigenvalue weighted by molar-refractivity contribution is 5.58. The van der Waals surface area contributed by atoms with Crippen molar-refractivity contribution < 1.29 is 0 Å². The molecule has 0 radical (unpaired) electrons. The zero-order valence-corrected chi connectivity index (χ0v) is 9.36. The first-order valence-electron chi connectivity index (χ1n) is 5.08. The number of benzene rings is 1. The van der Waals surface area contributed by atoms with Gasteiger partial charge in [-0.3, -0.25) is 0 Å². The molecule has 3 N–H and O–H groups in total. The van der Waals surface area contributed by atoms with E-state index in [0.29, 0.717) is 5.82 Å². The summed E-state index contributed by atoms with van der Waals surface area (Å²) >= 11 is 0. The third-order valence-corrected chi connectivity index (χ3v) is 2.45. The van der Waals surface area contributed by atoms with E-state index in [-0.39, 0.29) is 5.95 Å². The fourth-order valence-corrected chi connectivity index (χ4v) is 1.41. The first-order valence-corrected chi connectivity index (χ1v) is 5.08. The molecule has 0 bridgehead atoms. The van der Waals surface area contributed by atoms with E-state index in [1.165, 1.54) is 11.1 Å². The van der Waals surface area contributed by atoms with Gasteiger partial charge in [0.1, 0.15) is 5.82 Å². The first-order chi connectivity index (χ1) is 7.65. The topological polar surface area (TPSA) is 63.8 Å². The molecule has 0 aliphatic rings. The van der Waals surface area contributed by atoms with Gasteiger partial charge in [0, 0.05) is 11.9 Å². The molecule has 0 fully saturated rings. The maximum absolute atomic E-state index is 5.50. The Labute approximate surface area is 94.5 Å². The van der Waals surface area contributed by atoms with Crippen LogP contribution >= 0.6 is 0 Å². The van der Waals surface area contributed by atoms with Gasteiger partial charge in [-0.25, -0.2) is 4.98 Å². The van der Waals surface area contributed by atoms with Crippen molar-refractivity contribution in [1.29, 1.82) is 0 Å². The Kier molecular flexibility index (Phi) is 2.72. The molecule has 82 valence electrons. The Morgan fingerprint density at radius 2 is 1.94 bits per heavy atom. The summed E-state index contributed by atoms with van der Waals surface area (Å²) in [5.41, 5.74) is 9.02. The molecule has 0 aliphatic carbocycles. The smallest absolute Gasteiger partial charge is 0.221 e. The van der Waals surface area contributed by atoms with Gasteiger partial charge >= 0.3 is 0 Å². The lowest BCUT2D eigenvalue weighted by molar-refractivity contribution is 1.18. The summed E-state index contributed by atoms with van der Waals surface area (Å²) in [6, 6.07) is 7.95. The van der Waals surface area contributed by atoms with E-state index in [4.69, 9.17) is 5.73 Å². The highest BCUT2D eigenvalue weighted by Gasteiger charge is 1.98. The zero-order chi connectivity index (χ0) is 11.5. The van der Waals surface area contributed by atoms with Crippen LogP contribution in [0.2, 0.25) is 0 Å². The van der Waals surface area contributed by atoms with Crippen LogP contribution in [0.15, 0.2) is 30.5 Å². The Hall–Kier alpha value is -2.10. The molecular weight excluding hydrogens is 200 g/mol. The fourth-order valence-electron chi connectivity index (χ4n) is 1.41. The number of aryl methyl sites for hydroxylation is 2. The first kappa shape index (κ1) is 10.4. The average molecular weight is 214 g/mol. The van der Waals surface area contributed by atoms with Crippen molar-refractivity contribution in [3.8, 4) is 0 Å². The molecule has 0 saturated carbocycles. The molecule has 2 rings (SSSR count). The van der Waals surface area contributed by atoms with Crippen molar-refractivity contribution in [2.24, 2.45) is 0 Å². The van der Waals surface area contributed by atoms with Crippen molar-refractivity contribution in [3.63, 3.8) is 0 Å². The normalized spacial score (nSPS) is 10.1. The molecule has 0 aliphatic heterocycles. The van der Waals surface area contributed by atoms with Gasteiger partial charge in [0.25, 0.3) is 0 Å². The van der Waals surface area contributed by atoms with E-state index in [0.717, 1.165) is 5.69 Å². The molecule has 1 aromatic heterocycles. The van der Waals surface area contributed by atoms with Crippen molar-refractivity contribution in [3.05, 3.63) is 41.6 Å². The van der Waals surface area contributed by atoms with Crippen molar-refractivity contribution >= 4 is 17.5 Å². The molecule has 0 spiro atoms. The van der Waals surface area contributed by atoms with Crippen LogP contribution in [0, 0.1) is 13.8 Å². The minimum absolute atomic E-state index is 0.272. The van der Waals surface area contributed by atoms with Crippen LogP contribution in [0.25, 0.3) is 0 Å². The molecule has 1 heterocycles. The largest absolute Gasteiger partial charge is 0.368 e. The number of nitrogens with one attached hydrogen (secondary N) is 1. The minimum Gasteiger partial charge on any atom is -0.368 e. The lowest BCUT2D eigenvalue weighted by atomic mass is 10.1. The lowest BCUT2D eigenvalue weighted by Crippen LogP contribution is -1.99. The fraction of sp³-hybridized carbons (Fsp3) is 0.167. The van der Waals surface area contributed by atoms with Crippen molar-refractivity contribution in [2.75, 3.05) is 11.1 Å². The number of hydrogen-bond acceptors (Lipinski definition) is 4. The second-order valence-electron chi connectivity index (χ2n) is 3.72. The van der Waals surface area contributed by atoms with Gasteiger partial charge < -0.3 is 11.1 Å². The molecule has 2 aromatic rings. The maximum Gasteiger partial charge on any atom is 0.221 e. The average Bonchev–Trinajstić information content (AvgIpc) is 2.24. The minimum atomic E-state index is 0.272. The van der Waals surface area contributed by atoms with E-state index < -0.39 is 0 Å². The number of hydrogen-bond donors (Lipinski definition) is 2.